The maximum Gasteiger partial charge on any atom is 0.349 e. The maximum atomic E-state index is 11.8. The van der Waals surface area contributed by atoms with Gasteiger partial charge in [-0.25, -0.2) is 9.59 Å². The summed E-state index contributed by atoms with van der Waals surface area (Å²) >= 11 is 0. The average molecular weight is 306 g/mol. The first-order valence-corrected chi connectivity index (χ1v) is 5.84. The van der Waals surface area contributed by atoms with Crippen LogP contribution in [0.5, 0.6) is 28.7 Å². The van der Waals surface area contributed by atoms with Crippen molar-refractivity contribution < 1.29 is 39.9 Å². The van der Waals surface area contributed by atoms with Crippen molar-refractivity contribution in [2.75, 3.05) is 0 Å². The van der Waals surface area contributed by atoms with Gasteiger partial charge in [0.25, 0.3) is 0 Å². The molecule has 0 aliphatic carbocycles. The zero-order valence-corrected chi connectivity index (χ0v) is 10.8. The number of ether oxygens (including phenoxy) is 1. The number of hydrogen-bond acceptors (Lipinski definition) is 8. The first-order chi connectivity index (χ1) is 10.3. The molecule has 0 unspecified atom stereocenters. The summed E-state index contributed by atoms with van der Waals surface area (Å²) in [6.07, 6.45) is 0. The molecule has 2 rings (SSSR count). The van der Waals surface area contributed by atoms with Crippen LogP contribution in [-0.2, 0) is 4.74 Å². The maximum absolute atomic E-state index is 11.8. The van der Waals surface area contributed by atoms with Gasteiger partial charge in [0, 0.05) is 0 Å². The highest BCUT2D eigenvalue weighted by atomic mass is 16.6. The molecule has 0 aromatic heterocycles. The minimum absolute atomic E-state index is 0.462. The minimum Gasteiger partial charge on any atom is -0.504 e. The molecule has 2 aromatic carbocycles. The van der Waals surface area contributed by atoms with Gasteiger partial charge in [-0.3, -0.25) is 0 Å². The first-order valence-electron chi connectivity index (χ1n) is 5.84. The second-order valence-corrected chi connectivity index (χ2v) is 4.18. The second-order valence-electron chi connectivity index (χ2n) is 4.18. The van der Waals surface area contributed by atoms with Crippen molar-refractivity contribution in [1.29, 1.82) is 0 Å². The molecular weight excluding hydrogens is 296 g/mol. The summed E-state index contributed by atoms with van der Waals surface area (Å²) in [7, 11) is 0. The number of phenols is 5. The summed E-state index contributed by atoms with van der Waals surface area (Å²) in [5, 5.41) is 46.7. The van der Waals surface area contributed by atoms with Crippen LogP contribution in [0.2, 0.25) is 0 Å². The van der Waals surface area contributed by atoms with Crippen LogP contribution in [0, 0.1) is 0 Å². The SMILES string of the molecule is O=C(OC(=O)c1ccc(O)c(O)c1O)c1cccc(O)c1O. The average Bonchev–Trinajstić information content (AvgIpc) is 2.47. The fourth-order valence-corrected chi connectivity index (χ4v) is 1.62. The van der Waals surface area contributed by atoms with Crippen LogP contribution in [0.25, 0.3) is 0 Å². The Hall–Kier alpha value is -3.42. The number of phenolic OH excluding ortho intramolecular Hbond substituents is 5. The number of carbonyl (C=O) groups is 2. The summed E-state index contributed by atoms with van der Waals surface area (Å²) in [5.41, 5.74) is -1.03. The lowest BCUT2D eigenvalue weighted by Gasteiger charge is -2.08. The fourth-order valence-electron chi connectivity index (χ4n) is 1.62. The summed E-state index contributed by atoms with van der Waals surface area (Å²) in [4.78, 5) is 23.5. The Morgan fingerprint density at radius 1 is 0.682 bits per heavy atom. The Kier molecular flexibility index (Phi) is 3.76. The van der Waals surface area contributed by atoms with Crippen molar-refractivity contribution in [3.63, 3.8) is 0 Å². The van der Waals surface area contributed by atoms with Crippen LogP contribution < -0.4 is 0 Å². The molecular formula is C14H10O8. The van der Waals surface area contributed by atoms with Crippen LogP contribution in [0.15, 0.2) is 30.3 Å². The van der Waals surface area contributed by atoms with E-state index in [1.807, 2.05) is 0 Å². The molecule has 8 heteroatoms. The molecule has 0 saturated carbocycles. The number of para-hydroxylation sites is 1. The molecule has 0 fully saturated rings. The van der Waals surface area contributed by atoms with Crippen molar-refractivity contribution in [1.82, 2.24) is 0 Å². The molecule has 0 aliphatic rings. The third-order valence-electron chi connectivity index (χ3n) is 2.77. The van der Waals surface area contributed by atoms with Crippen molar-refractivity contribution in [2.24, 2.45) is 0 Å². The van der Waals surface area contributed by atoms with E-state index in [0.29, 0.717) is 0 Å². The van der Waals surface area contributed by atoms with Crippen molar-refractivity contribution in [3.05, 3.63) is 41.5 Å². The fraction of sp³-hybridized carbons (Fsp3) is 0. The third kappa shape index (κ3) is 2.57. The lowest BCUT2D eigenvalue weighted by molar-refractivity contribution is 0.0393. The van der Waals surface area contributed by atoms with Crippen LogP contribution in [-0.4, -0.2) is 37.5 Å². The van der Waals surface area contributed by atoms with E-state index >= 15 is 0 Å². The highest BCUT2D eigenvalue weighted by molar-refractivity contribution is 6.05. The van der Waals surface area contributed by atoms with E-state index in [9.17, 15) is 30.0 Å². The summed E-state index contributed by atoms with van der Waals surface area (Å²) in [5.74, 6) is -6.50. The molecule has 0 amide bonds. The van der Waals surface area contributed by atoms with Crippen molar-refractivity contribution in [3.8, 4) is 28.7 Å². The van der Waals surface area contributed by atoms with Gasteiger partial charge < -0.3 is 30.3 Å². The molecule has 22 heavy (non-hydrogen) atoms. The Morgan fingerprint density at radius 2 is 1.23 bits per heavy atom. The molecule has 0 spiro atoms. The lowest BCUT2D eigenvalue weighted by atomic mass is 10.1. The van der Waals surface area contributed by atoms with Gasteiger partial charge in [0.1, 0.15) is 11.1 Å². The second kappa shape index (κ2) is 5.52. The largest absolute Gasteiger partial charge is 0.504 e. The summed E-state index contributed by atoms with van der Waals surface area (Å²) in [6, 6.07) is 5.33. The van der Waals surface area contributed by atoms with Crippen LogP contribution in [0.3, 0.4) is 0 Å². The Balaban J connectivity index is 2.28. The number of benzene rings is 2. The summed E-state index contributed by atoms with van der Waals surface area (Å²) in [6.45, 7) is 0. The number of carbonyl (C=O) groups excluding carboxylic acids is 2. The number of aromatic hydroxyl groups is 5. The predicted molar refractivity (Wildman–Crippen MR) is 71.0 cm³/mol. The molecule has 0 atom stereocenters. The first kappa shape index (κ1) is 15.0. The molecule has 114 valence electrons. The van der Waals surface area contributed by atoms with Gasteiger partial charge in [-0.05, 0) is 24.3 Å². The smallest absolute Gasteiger partial charge is 0.349 e. The van der Waals surface area contributed by atoms with E-state index in [4.69, 9.17) is 5.11 Å². The van der Waals surface area contributed by atoms with Gasteiger partial charge in [0.2, 0.25) is 5.75 Å². The van der Waals surface area contributed by atoms with Gasteiger partial charge in [-0.2, -0.15) is 0 Å². The van der Waals surface area contributed by atoms with Gasteiger partial charge in [-0.1, -0.05) is 6.07 Å². The Labute approximate surface area is 123 Å². The number of esters is 2. The van der Waals surface area contributed by atoms with Crippen LogP contribution in [0.1, 0.15) is 20.7 Å². The molecule has 2 aromatic rings. The van der Waals surface area contributed by atoms with Crippen LogP contribution in [0.4, 0.5) is 0 Å². The Morgan fingerprint density at radius 3 is 1.86 bits per heavy atom. The van der Waals surface area contributed by atoms with Gasteiger partial charge in [0.15, 0.2) is 23.0 Å². The van der Waals surface area contributed by atoms with E-state index in [1.165, 1.54) is 6.07 Å². The molecule has 0 heterocycles. The molecule has 8 nitrogen and oxygen atoms in total. The quantitative estimate of drug-likeness (QED) is 0.316. The molecule has 0 bridgehead atoms. The van der Waals surface area contributed by atoms with E-state index in [-0.39, 0.29) is 0 Å². The van der Waals surface area contributed by atoms with E-state index in [1.54, 1.807) is 0 Å². The number of hydrogen-bond donors (Lipinski definition) is 5. The van der Waals surface area contributed by atoms with Gasteiger partial charge >= 0.3 is 11.9 Å². The van der Waals surface area contributed by atoms with Crippen molar-refractivity contribution in [2.45, 2.75) is 0 Å². The molecule has 0 radical (unpaired) electrons. The van der Waals surface area contributed by atoms with Gasteiger partial charge in [0.05, 0.1) is 0 Å². The van der Waals surface area contributed by atoms with E-state index < -0.39 is 51.8 Å². The number of rotatable bonds is 2. The molecule has 0 saturated heterocycles. The molecule has 5 N–H and O–H groups in total. The monoisotopic (exact) mass is 306 g/mol. The highest BCUT2D eigenvalue weighted by Gasteiger charge is 2.23. The molecule has 0 aliphatic heterocycles. The summed E-state index contributed by atoms with van der Waals surface area (Å²) < 4.78 is 4.43. The topological polar surface area (TPSA) is 145 Å². The van der Waals surface area contributed by atoms with Crippen LogP contribution >= 0.6 is 0 Å². The Bertz CT molecular complexity index is 766. The predicted octanol–water partition coefficient (Wildman–Crippen LogP) is 1.21. The zero-order chi connectivity index (χ0) is 16.4. The zero-order valence-electron chi connectivity index (χ0n) is 10.8. The standard InChI is InChI=1S/C14H10O8/c15-8-3-1-2-6(10(8)17)13(20)22-14(21)7-4-5-9(16)12(19)11(7)18/h1-5,15-19H. The van der Waals surface area contributed by atoms with Gasteiger partial charge in [-0.15, -0.1) is 0 Å². The van der Waals surface area contributed by atoms with Crippen molar-refractivity contribution >= 4 is 11.9 Å². The highest BCUT2D eigenvalue weighted by Crippen LogP contribution is 2.37. The van der Waals surface area contributed by atoms with E-state index in [0.717, 1.165) is 24.3 Å². The lowest BCUT2D eigenvalue weighted by Crippen LogP contribution is -2.13. The third-order valence-corrected chi connectivity index (χ3v) is 2.77. The van der Waals surface area contributed by atoms with E-state index in [2.05, 4.69) is 4.74 Å². The minimum atomic E-state index is -1.32. The normalized spacial score (nSPS) is 10.2.